The summed E-state index contributed by atoms with van der Waals surface area (Å²) in [6, 6.07) is 2.60. The van der Waals surface area contributed by atoms with Crippen LogP contribution in [0.3, 0.4) is 0 Å². The fourth-order valence-electron chi connectivity index (χ4n) is 1.64. The second-order valence-electron chi connectivity index (χ2n) is 3.70. The first kappa shape index (κ1) is 11.6. The molecule has 1 heterocycles. The fraction of sp³-hybridized carbons (Fsp3) is 0.636. The summed E-state index contributed by atoms with van der Waals surface area (Å²) in [5.74, 6) is 0.837. The molecule has 0 radical (unpaired) electrons. The van der Waals surface area contributed by atoms with Crippen molar-refractivity contribution >= 4 is 5.82 Å². The van der Waals surface area contributed by atoms with Gasteiger partial charge in [0, 0.05) is 13.1 Å². The first-order valence-corrected chi connectivity index (χ1v) is 5.34. The van der Waals surface area contributed by atoms with Crippen molar-refractivity contribution in [3.05, 3.63) is 11.3 Å². The van der Waals surface area contributed by atoms with Crippen molar-refractivity contribution in [2.45, 2.75) is 39.7 Å². The highest BCUT2D eigenvalue weighted by atomic mass is 15.3. The molecule has 0 bridgehead atoms. The molecule has 82 valence electrons. The van der Waals surface area contributed by atoms with Gasteiger partial charge in [-0.05, 0) is 19.8 Å². The molecule has 0 amide bonds. The normalized spacial score (nSPS) is 10.4. The summed E-state index contributed by atoms with van der Waals surface area (Å²) in [7, 11) is 1.86. The van der Waals surface area contributed by atoms with Crippen molar-refractivity contribution < 1.29 is 0 Å². The van der Waals surface area contributed by atoms with E-state index in [4.69, 9.17) is 5.26 Å². The van der Waals surface area contributed by atoms with Crippen molar-refractivity contribution in [1.29, 1.82) is 5.26 Å². The summed E-state index contributed by atoms with van der Waals surface area (Å²) in [5.41, 5.74) is 1.44. The van der Waals surface area contributed by atoms with Gasteiger partial charge in [-0.1, -0.05) is 13.8 Å². The topological polar surface area (TPSA) is 53.6 Å². The van der Waals surface area contributed by atoms with Crippen molar-refractivity contribution in [3.63, 3.8) is 0 Å². The van der Waals surface area contributed by atoms with Gasteiger partial charge in [-0.2, -0.15) is 10.4 Å². The van der Waals surface area contributed by atoms with Crippen LogP contribution in [0.4, 0.5) is 5.82 Å². The molecule has 0 fully saturated rings. The Morgan fingerprint density at radius 1 is 1.47 bits per heavy atom. The quantitative estimate of drug-likeness (QED) is 0.821. The predicted octanol–water partition coefficient (Wildman–Crippen LogP) is 2.20. The molecule has 0 saturated heterocycles. The van der Waals surface area contributed by atoms with Crippen LogP contribution < -0.4 is 5.32 Å². The number of anilines is 1. The number of nitrogens with one attached hydrogen (secondary N) is 1. The average molecular weight is 206 g/mol. The van der Waals surface area contributed by atoms with E-state index < -0.39 is 0 Å². The van der Waals surface area contributed by atoms with Crippen LogP contribution in [0.1, 0.15) is 37.9 Å². The molecular formula is C11H18N4. The number of hydrogen-bond donors (Lipinski definition) is 1. The third kappa shape index (κ3) is 2.30. The van der Waals surface area contributed by atoms with Crippen LogP contribution in [-0.2, 0) is 7.05 Å². The second kappa shape index (κ2) is 4.83. The third-order valence-corrected chi connectivity index (χ3v) is 2.66. The van der Waals surface area contributed by atoms with Crippen LogP contribution in [0.25, 0.3) is 0 Å². The predicted molar refractivity (Wildman–Crippen MR) is 60.7 cm³/mol. The lowest BCUT2D eigenvalue weighted by atomic mass is 10.1. The van der Waals surface area contributed by atoms with E-state index in [9.17, 15) is 0 Å². The largest absolute Gasteiger partial charge is 0.366 e. The Balaban J connectivity index is 2.98. The minimum absolute atomic E-state index is 0.409. The molecular weight excluding hydrogens is 188 g/mol. The molecule has 0 aliphatic heterocycles. The maximum Gasteiger partial charge on any atom is 0.142 e. The highest BCUT2D eigenvalue weighted by Gasteiger charge is 2.14. The number of hydrogen-bond acceptors (Lipinski definition) is 3. The average Bonchev–Trinajstić information content (AvgIpc) is 2.49. The molecule has 0 unspecified atom stereocenters. The molecule has 15 heavy (non-hydrogen) atoms. The van der Waals surface area contributed by atoms with Crippen molar-refractivity contribution in [1.82, 2.24) is 9.78 Å². The van der Waals surface area contributed by atoms with Gasteiger partial charge in [-0.15, -0.1) is 0 Å². The number of nitrogens with zero attached hydrogens (tertiary/aromatic N) is 3. The lowest BCUT2D eigenvalue weighted by molar-refractivity contribution is 0.653. The van der Waals surface area contributed by atoms with E-state index in [1.807, 2.05) is 14.0 Å². The molecule has 0 atom stereocenters. The zero-order chi connectivity index (χ0) is 11.4. The summed E-state index contributed by atoms with van der Waals surface area (Å²) in [4.78, 5) is 0. The van der Waals surface area contributed by atoms with E-state index in [0.29, 0.717) is 11.6 Å². The van der Waals surface area contributed by atoms with Crippen LogP contribution in [0.5, 0.6) is 0 Å². The van der Waals surface area contributed by atoms with Crippen molar-refractivity contribution in [2.24, 2.45) is 7.05 Å². The first-order valence-electron chi connectivity index (χ1n) is 5.34. The fourth-order valence-corrected chi connectivity index (χ4v) is 1.64. The van der Waals surface area contributed by atoms with Crippen LogP contribution >= 0.6 is 0 Å². The van der Waals surface area contributed by atoms with Gasteiger partial charge in [-0.3, -0.25) is 4.68 Å². The van der Waals surface area contributed by atoms with Gasteiger partial charge in [0.05, 0.1) is 5.69 Å². The van der Waals surface area contributed by atoms with Gasteiger partial charge in [0.1, 0.15) is 17.5 Å². The number of rotatable bonds is 4. The molecule has 0 saturated carbocycles. The molecule has 0 aliphatic carbocycles. The molecule has 0 aromatic carbocycles. The van der Waals surface area contributed by atoms with E-state index in [0.717, 1.165) is 24.4 Å². The molecule has 0 aliphatic rings. The van der Waals surface area contributed by atoms with E-state index in [1.165, 1.54) is 0 Å². The highest BCUT2D eigenvalue weighted by molar-refractivity contribution is 5.55. The third-order valence-electron chi connectivity index (χ3n) is 2.66. The first-order chi connectivity index (χ1) is 7.13. The maximum absolute atomic E-state index is 9.03. The monoisotopic (exact) mass is 206 g/mol. The van der Waals surface area contributed by atoms with Gasteiger partial charge >= 0.3 is 0 Å². The lowest BCUT2D eigenvalue weighted by Gasteiger charge is -2.16. The van der Waals surface area contributed by atoms with Gasteiger partial charge in [0.15, 0.2) is 0 Å². The highest BCUT2D eigenvalue weighted by Crippen LogP contribution is 2.19. The Labute approximate surface area is 90.9 Å². The summed E-state index contributed by atoms with van der Waals surface area (Å²) in [6.45, 7) is 6.13. The van der Waals surface area contributed by atoms with Crippen LogP contribution in [-0.4, -0.2) is 15.8 Å². The summed E-state index contributed by atoms with van der Waals surface area (Å²) in [5, 5.41) is 16.6. The SMILES string of the molecule is CCC(CC)Nc1c(C#N)c(C)nn1C. The molecule has 0 spiro atoms. The Bertz CT molecular complexity index is 369. The lowest BCUT2D eigenvalue weighted by Crippen LogP contribution is -2.19. The summed E-state index contributed by atoms with van der Waals surface area (Å²) in [6.07, 6.45) is 2.09. The zero-order valence-electron chi connectivity index (χ0n) is 9.83. The van der Waals surface area contributed by atoms with Gasteiger partial charge < -0.3 is 5.32 Å². The number of nitriles is 1. The Morgan fingerprint density at radius 3 is 2.53 bits per heavy atom. The van der Waals surface area contributed by atoms with Gasteiger partial charge in [0.2, 0.25) is 0 Å². The van der Waals surface area contributed by atoms with Crippen LogP contribution in [0, 0.1) is 18.3 Å². The minimum Gasteiger partial charge on any atom is -0.366 e. The van der Waals surface area contributed by atoms with E-state index in [-0.39, 0.29) is 0 Å². The van der Waals surface area contributed by atoms with Crippen molar-refractivity contribution in [3.8, 4) is 6.07 Å². The number of aromatic nitrogens is 2. The summed E-state index contributed by atoms with van der Waals surface area (Å²) < 4.78 is 1.74. The Kier molecular flexibility index (Phi) is 3.73. The van der Waals surface area contributed by atoms with E-state index in [2.05, 4.69) is 30.3 Å². The van der Waals surface area contributed by atoms with Gasteiger partial charge in [0.25, 0.3) is 0 Å². The standard InChI is InChI=1S/C11H18N4/c1-5-9(6-2)13-11-10(7-12)8(3)14-15(11)4/h9,13H,5-6H2,1-4H3. The molecule has 1 aromatic heterocycles. The second-order valence-corrected chi connectivity index (χ2v) is 3.70. The Hall–Kier alpha value is -1.50. The summed E-state index contributed by atoms with van der Waals surface area (Å²) >= 11 is 0. The molecule has 1 N–H and O–H groups in total. The molecule has 4 nitrogen and oxygen atoms in total. The van der Waals surface area contributed by atoms with Crippen LogP contribution in [0.2, 0.25) is 0 Å². The van der Waals surface area contributed by atoms with E-state index >= 15 is 0 Å². The van der Waals surface area contributed by atoms with Gasteiger partial charge in [-0.25, -0.2) is 0 Å². The Morgan fingerprint density at radius 2 is 2.07 bits per heavy atom. The smallest absolute Gasteiger partial charge is 0.142 e. The maximum atomic E-state index is 9.03. The number of aryl methyl sites for hydroxylation is 2. The zero-order valence-corrected chi connectivity index (χ0v) is 9.83. The van der Waals surface area contributed by atoms with E-state index in [1.54, 1.807) is 4.68 Å². The molecule has 1 rings (SSSR count). The van der Waals surface area contributed by atoms with Crippen LogP contribution in [0.15, 0.2) is 0 Å². The molecule has 4 heteroatoms. The molecule has 1 aromatic rings. The minimum atomic E-state index is 0.409. The van der Waals surface area contributed by atoms with Crippen molar-refractivity contribution in [2.75, 3.05) is 5.32 Å².